The number of benzene rings is 1. The number of hydrogen-bond donors (Lipinski definition) is 1. The lowest BCUT2D eigenvalue weighted by atomic mass is 10.2. The number of carbonyl (C=O) groups excluding carboxylic acids is 1. The average molecular weight is 341 g/mol. The molecule has 0 unspecified atom stereocenters. The molecule has 5 nitrogen and oxygen atoms in total. The highest BCUT2D eigenvalue weighted by atomic mass is 35.5. The number of carbonyl (C=O) groups is 1. The van der Waals surface area contributed by atoms with E-state index in [-0.39, 0.29) is 18.3 Å². The first-order valence-electron chi connectivity index (χ1n) is 8.06. The van der Waals surface area contributed by atoms with E-state index >= 15 is 0 Å². The van der Waals surface area contributed by atoms with Gasteiger partial charge in [0.25, 0.3) is 0 Å². The molecule has 6 heteroatoms. The average Bonchev–Trinajstić information content (AvgIpc) is 2.54. The Balaban J connectivity index is 0.00000264. The summed E-state index contributed by atoms with van der Waals surface area (Å²) in [5.41, 5.74) is 1.35. The summed E-state index contributed by atoms with van der Waals surface area (Å²) in [5, 5.41) is 2.93. The summed E-state index contributed by atoms with van der Waals surface area (Å²) < 4.78 is 0. The van der Waals surface area contributed by atoms with Gasteiger partial charge >= 0.3 is 0 Å². The zero-order valence-electron chi connectivity index (χ0n) is 14.2. The number of halogens is 1. The third kappa shape index (κ3) is 6.87. The molecule has 0 atom stereocenters. The largest absolute Gasteiger partial charge is 0.339 e. The van der Waals surface area contributed by atoms with Crippen LogP contribution in [0.15, 0.2) is 30.3 Å². The molecule has 1 aromatic carbocycles. The lowest BCUT2D eigenvalue weighted by Gasteiger charge is -2.35. The predicted octanol–water partition coefficient (Wildman–Crippen LogP) is 0.904. The van der Waals surface area contributed by atoms with Crippen LogP contribution in [-0.4, -0.2) is 80.5 Å². The fourth-order valence-electron chi connectivity index (χ4n) is 2.77. The van der Waals surface area contributed by atoms with Gasteiger partial charge in [-0.1, -0.05) is 30.3 Å². The van der Waals surface area contributed by atoms with Crippen LogP contribution in [0.2, 0.25) is 0 Å². The Morgan fingerprint density at radius 2 is 1.83 bits per heavy atom. The molecule has 1 saturated heterocycles. The summed E-state index contributed by atoms with van der Waals surface area (Å²) in [4.78, 5) is 18.6. The molecule has 1 aromatic rings. The van der Waals surface area contributed by atoms with Crippen molar-refractivity contribution in [3.63, 3.8) is 0 Å². The van der Waals surface area contributed by atoms with Crippen molar-refractivity contribution in [2.75, 3.05) is 59.9 Å². The molecule has 0 radical (unpaired) electrons. The number of piperazine rings is 1. The number of hydrogen-bond acceptors (Lipinski definition) is 4. The SMILES string of the molecule is CNCC(=O)N1CCN(CCN(C)Cc2ccccc2)CC1.Cl. The fourth-order valence-corrected chi connectivity index (χ4v) is 2.77. The van der Waals surface area contributed by atoms with Gasteiger partial charge in [-0.25, -0.2) is 0 Å². The zero-order chi connectivity index (χ0) is 15.8. The second kappa shape index (κ2) is 10.6. The number of likely N-dealkylation sites (N-methyl/N-ethyl adjacent to an activating group) is 2. The molecule has 23 heavy (non-hydrogen) atoms. The van der Waals surface area contributed by atoms with Crippen molar-refractivity contribution in [3.05, 3.63) is 35.9 Å². The standard InChI is InChI=1S/C17H28N4O.ClH/c1-18-14-17(22)21-12-10-20(11-13-21)9-8-19(2)15-16-6-4-3-5-7-16;/h3-7,18H,8-15H2,1-2H3;1H. The lowest BCUT2D eigenvalue weighted by Crippen LogP contribution is -2.51. The highest BCUT2D eigenvalue weighted by Gasteiger charge is 2.20. The van der Waals surface area contributed by atoms with Gasteiger partial charge in [0, 0.05) is 45.8 Å². The number of amides is 1. The zero-order valence-corrected chi connectivity index (χ0v) is 15.0. The molecule has 0 spiro atoms. The Kier molecular flexibility index (Phi) is 9.17. The summed E-state index contributed by atoms with van der Waals surface area (Å²) in [6, 6.07) is 10.6. The first kappa shape index (κ1) is 19.9. The van der Waals surface area contributed by atoms with Gasteiger partial charge in [-0.3, -0.25) is 9.69 Å². The maximum atomic E-state index is 11.8. The summed E-state index contributed by atoms with van der Waals surface area (Å²) in [6.45, 7) is 7.22. The molecule has 0 bridgehead atoms. The molecular weight excluding hydrogens is 312 g/mol. The Labute approximate surface area is 146 Å². The van der Waals surface area contributed by atoms with Crippen molar-refractivity contribution in [3.8, 4) is 0 Å². The number of nitrogens with zero attached hydrogens (tertiary/aromatic N) is 3. The summed E-state index contributed by atoms with van der Waals surface area (Å²) in [7, 11) is 3.98. The highest BCUT2D eigenvalue weighted by Crippen LogP contribution is 2.05. The van der Waals surface area contributed by atoms with Gasteiger partial charge in [0.1, 0.15) is 0 Å². The molecule has 1 fully saturated rings. The molecule has 130 valence electrons. The van der Waals surface area contributed by atoms with Crippen LogP contribution in [0, 0.1) is 0 Å². The van der Waals surface area contributed by atoms with E-state index < -0.39 is 0 Å². The normalized spacial score (nSPS) is 15.5. The van der Waals surface area contributed by atoms with Crippen LogP contribution < -0.4 is 5.32 Å². The Bertz CT molecular complexity index is 449. The minimum atomic E-state index is 0. The number of rotatable bonds is 7. The fraction of sp³-hybridized carbons (Fsp3) is 0.588. The van der Waals surface area contributed by atoms with Crippen molar-refractivity contribution in [1.82, 2.24) is 20.0 Å². The van der Waals surface area contributed by atoms with Crippen LogP contribution >= 0.6 is 12.4 Å². The molecule has 1 amide bonds. The molecule has 2 rings (SSSR count). The second-order valence-electron chi connectivity index (χ2n) is 5.98. The van der Waals surface area contributed by atoms with Gasteiger partial charge in [0.05, 0.1) is 6.54 Å². The van der Waals surface area contributed by atoms with Crippen LogP contribution in [0.3, 0.4) is 0 Å². The van der Waals surface area contributed by atoms with Gasteiger partial charge in [0.15, 0.2) is 0 Å². The van der Waals surface area contributed by atoms with E-state index in [4.69, 9.17) is 0 Å². The minimum absolute atomic E-state index is 0. The van der Waals surface area contributed by atoms with Crippen LogP contribution in [0.1, 0.15) is 5.56 Å². The third-order valence-electron chi connectivity index (χ3n) is 4.15. The molecule has 0 aliphatic carbocycles. The van der Waals surface area contributed by atoms with Gasteiger partial charge in [-0.05, 0) is 19.7 Å². The van der Waals surface area contributed by atoms with E-state index in [9.17, 15) is 4.79 Å². The Morgan fingerprint density at radius 3 is 2.43 bits per heavy atom. The van der Waals surface area contributed by atoms with Gasteiger partial charge in [-0.15, -0.1) is 12.4 Å². The first-order valence-corrected chi connectivity index (χ1v) is 8.06. The number of nitrogens with one attached hydrogen (secondary N) is 1. The van der Waals surface area contributed by atoms with Gasteiger partial charge in [-0.2, -0.15) is 0 Å². The highest BCUT2D eigenvalue weighted by molar-refractivity contribution is 5.85. The van der Waals surface area contributed by atoms with Crippen molar-refractivity contribution in [2.24, 2.45) is 0 Å². The van der Waals surface area contributed by atoms with E-state index in [1.54, 1.807) is 0 Å². The van der Waals surface area contributed by atoms with Crippen LogP contribution in [0.25, 0.3) is 0 Å². The second-order valence-corrected chi connectivity index (χ2v) is 5.98. The summed E-state index contributed by atoms with van der Waals surface area (Å²) >= 11 is 0. The Morgan fingerprint density at radius 1 is 1.17 bits per heavy atom. The van der Waals surface area contributed by atoms with E-state index in [0.29, 0.717) is 6.54 Å². The third-order valence-corrected chi connectivity index (χ3v) is 4.15. The summed E-state index contributed by atoms with van der Waals surface area (Å²) in [5.74, 6) is 0.211. The lowest BCUT2D eigenvalue weighted by molar-refractivity contribution is -0.131. The van der Waals surface area contributed by atoms with E-state index in [1.165, 1.54) is 5.56 Å². The Hall–Kier alpha value is -1.14. The summed E-state index contributed by atoms with van der Waals surface area (Å²) in [6.07, 6.45) is 0. The molecule has 0 aromatic heterocycles. The van der Waals surface area contributed by atoms with E-state index in [1.807, 2.05) is 11.9 Å². The van der Waals surface area contributed by atoms with Gasteiger partial charge in [0.2, 0.25) is 5.91 Å². The maximum absolute atomic E-state index is 11.8. The molecule has 1 aliphatic heterocycles. The molecular formula is C17H29ClN4O. The smallest absolute Gasteiger partial charge is 0.236 e. The predicted molar refractivity (Wildman–Crippen MR) is 97.0 cm³/mol. The van der Waals surface area contributed by atoms with Gasteiger partial charge < -0.3 is 15.1 Å². The van der Waals surface area contributed by atoms with E-state index in [0.717, 1.165) is 45.8 Å². The quantitative estimate of drug-likeness (QED) is 0.800. The minimum Gasteiger partial charge on any atom is -0.339 e. The first-order chi connectivity index (χ1) is 10.7. The van der Waals surface area contributed by atoms with E-state index in [2.05, 4.69) is 52.5 Å². The topological polar surface area (TPSA) is 38.8 Å². The van der Waals surface area contributed by atoms with Crippen molar-refractivity contribution >= 4 is 18.3 Å². The van der Waals surface area contributed by atoms with Crippen molar-refractivity contribution < 1.29 is 4.79 Å². The molecule has 1 N–H and O–H groups in total. The maximum Gasteiger partial charge on any atom is 0.236 e. The molecule has 1 heterocycles. The van der Waals surface area contributed by atoms with Crippen molar-refractivity contribution in [2.45, 2.75) is 6.54 Å². The van der Waals surface area contributed by atoms with Crippen LogP contribution in [0.4, 0.5) is 0 Å². The monoisotopic (exact) mass is 340 g/mol. The molecule has 1 aliphatic rings. The molecule has 0 saturated carbocycles. The van der Waals surface area contributed by atoms with Crippen LogP contribution in [0.5, 0.6) is 0 Å². The van der Waals surface area contributed by atoms with Crippen LogP contribution in [-0.2, 0) is 11.3 Å². The van der Waals surface area contributed by atoms with Crippen molar-refractivity contribution in [1.29, 1.82) is 0 Å².